The Labute approximate surface area is 172 Å². The van der Waals surface area contributed by atoms with Gasteiger partial charge in [0.2, 0.25) is 0 Å². The molecular weight excluding hydrogens is 362 g/mol. The third kappa shape index (κ3) is 2.79. The number of nitrogens with zero attached hydrogens (tertiary/aromatic N) is 1. The smallest absolute Gasteiger partial charge is 0.180 e. The number of benzene rings is 2. The molecule has 1 aliphatic heterocycles. The topological polar surface area (TPSA) is 51.5 Å². The number of hydrogen-bond donors (Lipinski definition) is 0. The van der Waals surface area contributed by atoms with E-state index >= 15 is 0 Å². The second-order valence-corrected chi connectivity index (χ2v) is 9.71. The highest BCUT2D eigenvalue weighted by Gasteiger charge is 2.69. The van der Waals surface area contributed by atoms with E-state index in [1.165, 1.54) is 12.8 Å². The lowest BCUT2D eigenvalue weighted by Gasteiger charge is -2.38. The lowest BCUT2D eigenvalue weighted by molar-refractivity contribution is -0.179. The maximum absolute atomic E-state index is 9.62. The summed E-state index contributed by atoms with van der Waals surface area (Å²) in [7, 11) is 0. The van der Waals surface area contributed by atoms with E-state index in [4.69, 9.17) is 14.2 Å². The van der Waals surface area contributed by atoms with Crippen LogP contribution in [0.5, 0.6) is 5.75 Å². The van der Waals surface area contributed by atoms with Crippen molar-refractivity contribution in [1.82, 2.24) is 0 Å². The van der Waals surface area contributed by atoms with Gasteiger partial charge in [0, 0.05) is 11.8 Å². The molecule has 0 amide bonds. The Hall–Kier alpha value is -2.09. The van der Waals surface area contributed by atoms with Crippen LogP contribution in [0.15, 0.2) is 42.5 Å². The van der Waals surface area contributed by atoms with Crippen LogP contribution >= 0.6 is 0 Å². The van der Waals surface area contributed by atoms with Crippen LogP contribution in [0.1, 0.15) is 40.0 Å². The van der Waals surface area contributed by atoms with Crippen molar-refractivity contribution in [3.05, 3.63) is 42.5 Å². The standard InChI is InChI=1S/C25H29NO3/c1-24(2)20-11-12-25(24,3)23-19(20)13-22(29-23)28-17(14-26)15-27-21-10-6-8-16-7-4-5-9-18(16)21/h4-10,17,19-20,22-23H,11-13,15H2,1-3H3/t17-,19-,20+,22-,23-,25-/m0/s1. The first-order valence-corrected chi connectivity index (χ1v) is 10.7. The molecule has 0 N–H and O–H groups in total. The molecule has 29 heavy (non-hydrogen) atoms. The Morgan fingerprint density at radius 2 is 1.97 bits per heavy atom. The van der Waals surface area contributed by atoms with Gasteiger partial charge in [-0.1, -0.05) is 57.2 Å². The van der Waals surface area contributed by atoms with Crippen LogP contribution in [-0.4, -0.2) is 25.1 Å². The van der Waals surface area contributed by atoms with Crippen LogP contribution in [-0.2, 0) is 9.47 Å². The molecule has 6 atom stereocenters. The van der Waals surface area contributed by atoms with Crippen molar-refractivity contribution in [2.24, 2.45) is 22.7 Å². The number of hydrogen-bond acceptors (Lipinski definition) is 4. The molecule has 4 heteroatoms. The van der Waals surface area contributed by atoms with Crippen molar-refractivity contribution in [3.8, 4) is 11.8 Å². The van der Waals surface area contributed by atoms with Gasteiger partial charge >= 0.3 is 0 Å². The Morgan fingerprint density at radius 3 is 2.76 bits per heavy atom. The summed E-state index contributed by atoms with van der Waals surface area (Å²) in [6.07, 6.45) is 2.70. The van der Waals surface area contributed by atoms with E-state index in [9.17, 15) is 5.26 Å². The zero-order valence-electron chi connectivity index (χ0n) is 17.4. The van der Waals surface area contributed by atoms with Gasteiger partial charge in [0.15, 0.2) is 12.4 Å². The zero-order chi connectivity index (χ0) is 20.2. The molecule has 2 aromatic rings. The fourth-order valence-electron chi connectivity index (χ4n) is 6.35. The maximum atomic E-state index is 9.62. The van der Waals surface area contributed by atoms with Crippen LogP contribution in [0.3, 0.4) is 0 Å². The van der Waals surface area contributed by atoms with E-state index in [0.717, 1.165) is 22.9 Å². The fraction of sp³-hybridized carbons (Fsp3) is 0.560. The number of ether oxygens (including phenoxy) is 3. The van der Waals surface area contributed by atoms with Gasteiger partial charge < -0.3 is 14.2 Å². The van der Waals surface area contributed by atoms with Crippen LogP contribution in [0, 0.1) is 34.0 Å². The minimum Gasteiger partial charge on any atom is -0.489 e. The van der Waals surface area contributed by atoms with Crippen molar-refractivity contribution in [2.45, 2.75) is 58.5 Å². The van der Waals surface area contributed by atoms with Gasteiger partial charge in [0.1, 0.15) is 12.4 Å². The Kier molecular flexibility index (Phi) is 4.38. The second-order valence-electron chi connectivity index (χ2n) is 9.71. The predicted octanol–water partition coefficient (Wildman–Crippen LogP) is 5.31. The summed E-state index contributed by atoms with van der Waals surface area (Å²) in [6, 6.07) is 16.3. The van der Waals surface area contributed by atoms with E-state index in [2.05, 4.69) is 39.0 Å². The molecule has 152 valence electrons. The summed E-state index contributed by atoms with van der Waals surface area (Å²) >= 11 is 0. The number of fused-ring (bicyclic) bond motifs is 6. The monoisotopic (exact) mass is 391 g/mol. The summed E-state index contributed by atoms with van der Waals surface area (Å²) in [5, 5.41) is 11.8. The first-order chi connectivity index (χ1) is 13.9. The molecule has 2 aromatic carbocycles. The van der Waals surface area contributed by atoms with Gasteiger partial charge in [0.05, 0.1) is 12.2 Å². The SMILES string of the molecule is CC1(C)[C@@H]2CC[C@@]1(C)[C@H]1O[C@H](O[C@@H](C#N)COc3cccc4ccccc34)C[C@@H]21. The van der Waals surface area contributed by atoms with E-state index in [-0.39, 0.29) is 24.4 Å². The third-order valence-electron chi connectivity index (χ3n) is 8.27. The highest BCUT2D eigenvalue weighted by atomic mass is 16.7. The van der Waals surface area contributed by atoms with Crippen molar-refractivity contribution in [1.29, 1.82) is 5.26 Å². The van der Waals surface area contributed by atoms with Crippen molar-refractivity contribution in [3.63, 3.8) is 0 Å². The summed E-state index contributed by atoms with van der Waals surface area (Å²) in [5.41, 5.74) is 0.529. The predicted molar refractivity (Wildman–Crippen MR) is 111 cm³/mol. The highest BCUT2D eigenvalue weighted by molar-refractivity contribution is 5.88. The molecule has 3 aliphatic rings. The third-order valence-corrected chi connectivity index (χ3v) is 8.27. The molecule has 5 rings (SSSR count). The molecule has 1 saturated heterocycles. The molecule has 0 unspecified atom stereocenters. The normalized spacial score (nSPS) is 35.4. The van der Waals surface area contributed by atoms with Gasteiger partial charge in [-0.25, -0.2) is 0 Å². The van der Waals surface area contributed by atoms with Gasteiger partial charge in [-0.2, -0.15) is 5.26 Å². The number of nitriles is 1. The summed E-state index contributed by atoms with van der Waals surface area (Å²) in [6.45, 7) is 7.38. The Balaban J connectivity index is 1.24. The summed E-state index contributed by atoms with van der Waals surface area (Å²) < 4.78 is 18.4. The van der Waals surface area contributed by atoms with E-state index < -0.39 is 6.10 Å². The lowest BCUT2D eigenvalue weighted by Crippen LogP contribution is -2.38. The minimum atomic E-state index is -0.642. The zero-order valence-corrected chi connectivity index (χ0v) is 17.4. The minimum absolute atomic E-state index is 0.200. The van der Waals surface area contributed by atoms with E-state index in [1.54, 1.807) is 0 Å². The molecule has 0 radical (unpaired) electrons. The molecule has 4 nitrogen and oxygen atoms in total. The highest BCUT2D eigenvalue weighted by Crippen LogP contribution is 2.71. The van der Waals surface area contributed by atoms with Crippen LogP contribution in [0.25, 0.3) is 10.8 Å². The molecule has 3 fully saturated rings. The maximum Gasteiger partial charge on any atom is 0.180 e. The quantitative estimate of drug-likeness (QED) is 0.693. The average Bonchev–Trinajstić information content (AvgIpc) is 3.29. The molecule has 0 aromatic heterocycles. The van der Waals surface area contributed by atoms with Gasteiger partial charge in [-0.3, -0.25) is 0 Å². The largest absolute Gasteiger partial charge is 0.489 e. The first kappa shape index (κ1) is 18.9. The molecular formula is C25H29NO3. The van der Waals surface area contributed by atoms with Crippen molar-refractivity contribution < 1.29 is 14.2 Å². The molecule has 2 bridgehead atoms. The van der Waals surface area contributed by atoms with Gasteiger partial charge in [-0.15, -0.1) is 0 Å². The Bertz CT molecular complexity index is 959. The van der Waals surface area contributed by atoms with Crippen LogP contribution < -0.4 is 4.74 Å². The first-order valence-electron chi connectivity index (χ1n) is 10.7. The van der Waals surface area contributed by atoms with E-state index in [0.29, 0.717) is 17.3 Å². The number of rotatable bonds is 5. The average molecular weight is 392 g/mol. The van der Waals surface area contributed by atoms with Crippen LogP contribution in [0.2, 0.25) is 0 Å². The molecule has 2 saturated carbocycles. The van der Waals surface area contributed by atoms with Crippen LogP contribution in [0.4, 0.5) is 0 Å². The second kappa shape index (κ2) is 6.72. The lowest BCUT2D eigenvalue weighted by atomic mass is 9.70. The van der Waals surface area contributed by atoms with Crippen molar-refractivity contribution in [2.75, 3.05) is 6.61 Å². The summed E-state index contributed by atoms with van der Waals surface area (Å²) in [4.78, 5) is 0. The van der Waals surface area contributed by atoms with Gasteiger partial charge in [0.25, 0.3) is 0 Å². The fourth-order valence-corrected chi connectivity index (χ4v) is 6.35. The Morgan fingerprint density at radius 1 is 1.17 bits per heavy atom. The molecule has 2 aliphatic carbocycles. The van der Waals surface area contributed by atoms with Crippen molar-refractivity contribution >= 4 is 10.8 Å². The van der Waals surface area contributed by atoms with E-state index in [1.807, 2.05) is 30.3 Å². The molecule has 1 heterocycles. The van der Waals surface area contributed by atoms with Gasteiger partial charge in [-0.05, 0) is 47.0 Å². The molecule has 0 spiro atoms. The summed E-state index contributed by atoms with van der Waals surface area (Å²) in [5.74, 6) is 2.02.